The summed E-state index contributed by atoms with van der Waals surface area (Å²) in [5.74, 6) is 2.54. The summed E-state index contributed by atoms with van der Waals surface area (Å²) in [5.41, 5.74) is 1.28. The smallest absolute Gasteiger partial charge is 0.191 e. The minimum absolute atomic E-state index is 0.238. The number of benzene rings is 1. The molecular weight excluding hydrogens is 390 g/mol. The van der Waals surface area contributed by atoms with Crippen molar-refractivity contribution >= 4 is 5.96 Å². The molecule has 31 heavy (non-hydrogen) atoms. The van der Waals surface area contributed by atoms with Crippen LogP contribution in [0.15, 0.2) is 29.3 Å². The molecule has 0 amide bonds. The van der Waals surface area contributed by atoms with Crippen molar-refractivity contribution in [3.05, 3.63) is 29.8 Å². The molecule has 172 valence electrons. The molecule has 0 aromatic heterocycles. The van der Waals surface area contributed by atoms with Crippen LogP contribution in [0.3, 0.4) is 0 Å². The number of guanidine groups is 1. The van der Waals surface area contributed by atoms with E-state index in [9.17, 15) is 0 Å². The molecule has 0 bridgehead atoms. The van der Waals surface area contributed by atoms with Gasteiger partial charge in [0.1, 0.15) is 5.75 Å². The van der Waals surface area contributed by atoms with Gasteiger partial charge in [0.15, 0.2) is 5.96 Å². The normalized spacial score (nSPS) is 24.2. The number of hydrogen-bond donors (Lipinski definition) is 2. The molecule has 7 nitrogen and oxygen atoms in total. The van der Waals surface area contributed by atoms with E-state index in [1.165, 1.54) is 37.9 Å². The molecule has 1 aromatic rings. The zero-order valence-corrected chi connectivity index (χ0v) is 19.2. The van der Waals surface area contributed by atoms with Crippen LogP contribution in [0, 0.1) is 5.92 Å². The van der Waals surface area contributed by atoms with Crippen LogP contribution in [0.2, 0.25) is 0 Å². The Hall–Kier alpha value is -1.83. The summed E-state index contributed by atoms with van der Waals surface area (Å²) in [5, 5.41) is 7.06. The van der Waals surface area contributed by atoms with Gasteiger partial charge in [-0.2, -0.15) is 0 Å². The van der Waals surface area contributed by atoms with E-state index < -0.39 is 0 Å². The Morgan fingerprint density at radius 3 is 2.58 bits per heavy atom. The average Bonchev–Trinajstić information content (AvgIpc) is 3.56. The van der Waals surface area contributed by atoms with Gasteiger partial charge >= 0.3 is 0 Å². The third-order valence-electron chi connectivity index (χ3n) is 6.69. The number of aliphatic imine (C=N–C) groups is 1. The highest BCUT2D eigenvalue weighted by Crippen LogP contribution is 2.31. The largest absolute Gasteiger partial charge is 0.497 e. The fourth-order valence-corrected chi connectivity index (χ4v) is 4.71. The van der Waals surface area contributed by atoms with Gasteiger partial charge in [0.05, 0.1) is 32.9 Å². The summed E-state index contributed by atoms with van der Waals surface area (Å²) >= 11 is 0. The van der Waals surface area contributed by atoms with Crippen molar-refractivity contribution in [2.45, 2.75) is 38.3 Å². The third kappa shape index (κ3) is 6.34. The molecular formula is C24H39N5O2. The quantitative estimate of drug-likeness (QED) is 0.463. The van der Waals surface area contributed by atoms with Gasteiger partial charge in [-0.25, -0.2) is 0 Å². The number of morpholine rings is 1. The Kier molecular flexibility index (Phi) is 8.05. The SMILES string of the molecule is CCNC(=NCC(c1ccc(OC)cc1)N1CCOCC1)NCC1CCN(C2CC2)C1. The molecule has 1 aliphatic carbocycles. The molecule has 2 saturated heterocycles. The number of nitrogens with one attached hydrogen (secondary N) is 2. The first-order valence-corrected chi connectivity index (χ1v) is 12.0. The van der Waals surface area contributed by atoms with Crippen LogP contribution < -0.4 is 15.4 Å². The molecule has 1 aromatic carbocycles. The number of methoxy groups -OCH3 is 1. The van der Waals surface area contributed by atoms with Crippen molar-refractivity contribution in [3.8, 4) is 5.75 Å². The van der Waals surface area contributed by atoms with Crippen LogP contribution in [-0.4, -0.2) is 87.9 Å². The van der Waals surface area contributed by atoms with E-state index in [0.717, 1.165) is 69.6 Å². The van der Waals surface area contributed by atoms with Crippen molar-refractivity contribution in [2.24, 2.45) is 10.9 Å². The lowest BCUT2D eigenvalue weighted by Gasteiger charge is -2.34. The van der Waals surface area contributed by atoms with Gasteiger partial charge in [-0.15, -0.1) is 0 Å². The predicted octanol–water partition coefficient (Wildman–Crippen LogP) is 2.11. The summed E-state index contributed by atoms with van der Waals surface area (Å²) in [6.45, 7) is 10.7. The highest BCUT2D eigenvalue weighted by molar-refractivity contribution is 5.79. The lowest BCUT2D eigenvalue weighted by molar-refractivity contribution is 0.0179. The first kappa shape index (κ1) is 22.4. The van der Waals surface area contributed by atoms with Crippen LogP contribution in [0.5, 0.6) is 5.75 Å². The van der Waals surface area contributed by atoms with Gasteiger partial charge in [0.25, 0.3) is 0 Å². The van der Waals surface area contributed by atoms with E-state index in [0.29, 0.717) is 0 Å². The van der Waals surface area contributed by atoms with Crippen molar-refractivity contribution < 1.29 is 9.47 Å². The molecule has 2 atom stereocenters. The topological polar surface area (TPSA) is 61.4 Å². The lowest BCUT2D eigenvalue weighted by Crippen LogP contribution is -2.42. The number of likely N-dealkylation sites (tertiary alicyclic amines) is 1. The fraction of sp³-hybridized carbons (Fsp3) is 0.708. The van der Waals surface area contributed by atoms with E-state index >= 15 is 0 Å². The van der Waals surface area contributed by atoms with E-state index in [4.69, 9.17) is 14.5 Å². The molecule has 1 saturated carbocycles. The summed E-state index contributed by atoms with van der Waals surface area (Å²) < 4.78 is 10.9. The maximum Gasteiger partial charge on any atom is 0.191 e. The Labute approximate surface area is 187 Å². The third-order valence-corrected chi connectivity index (χ3v) is 6.69. The second kappa shape index (κ2) is 11.2. The highest BCUT2D eigenvalue weighted by Gasteiger charge is 2.34. The minimum Gasteiger partial charge on any atom is -0.497 e. The zero-order valence-electron chi connectivity index (χ0n) is 19.2. The molecule has 2 N–H and O–H groups in total. The molecule has 2 heterocycles. The Bertz CT molecular complexity index is 700. The van der Waals surface area contributed by atoms with E-state index in [-0.39, 0.29) is 6.04 Å². The molecule has 2 aliphatic heterocycles. The maximum absolute atomic E-state index is 5.59. The second-order valence-electron chi connectivity index (χ2n) is 8.92. The second-order valence-corrected chi connectivity index (χ2v) is 8.92. The molecule has 0 spiro atoms. The molecule has 7 heteroatoms. The van der Waals surface area contributed by atoms with Crippen LogP contribution in [-0.2, 0) is 4.74 Å². The first-order chi connectivity index (χ1) is 15.3. The number of ether oxygens (including phenoxy) is 2. The zero-order chi connectivity index (χ0) is 21.5. The summed E-state index contributed by atoms with van der Waals surface area (Å²) in [4.78, 5) is 10.2. The van der Waals surface area contributed by atoms with Crippen molar-refractivity contribution in [1.82, 2.24) is 20.4 Å². The average molecular weight is 430 g/mol. The van der Waals surface area contributed by atoms with Gasteiger partial charge in [-0.3, -0.25) is 9.89 Å². The van der Waals surface area contributed by atoms with Crippen molar-refractivity contribution in [1.29, 1.82) is 0 Å². The lowest BCUT2D eigenvalue weighted by atomic mass is 10.0. The molecule has 4 rings (SSSR count). The van der Waals surface area contributed by atoms with Crippen LogP contribution in [0.1, 0.15) is 37.8 Å². The van der Waals surface area contributed by atoms with Gasteiger partial charge in [-0.05, 0) is 56.3 Å². The molecule has 3 fully saturated rings. The Morgan fingerprint density at radius 2 is 1.90 bits per heavy atom. The maximum atomic E-state index is 5.59. The van der Waals surface area contributed by atoms with Crippen LogP contribution in [0.25, 0.3) is 0 Å². The molecule has 2 unspecified atom stereocenters. The minimum atomic E-state index is 0.238. The van der Waals surface area contributed by atoms with Gasteiger partial charge in [-0.1, -0.05) is 12.1 Å². The highest BCUT2D eigenvalue weighted by atomic mass is 16.5. The van der Waals surface area contributed by atoms with E-state index in [2.05, 4.69) is 39.5 Å². The van der Waals surface area contributed by atoms with E-state index in [1.54, 1.807) is 7.11 Å². The van der Waals surface area contributed by atoms with E-state index in [1.807, 2.05) is 12.1 Å². The predicted molar refractivity (Wildman–Crippen MR) is 125 cm³/mol. The summed E-state index contributed by atoms with van der Waals surface area (Å²) in [6.07, 6.45) is 4.10. The first-order valence-electron chi connectivity index (χ1n) is 12.0. The van der Waals surface area contributed by atoms with Gasteiger partial charge in [0.2, 0.25) is 0 Å². The Morgan fingerprint density at radius 1 is 1.13 bits per heavy atom. The monoisotopic (exact) mass is 429 g/mol. The number of rotatable bonds is 9. The van der Waals surface area contributed by atoms with Crippen molar-refractivity contribution in [2.75, 3.05) is 66.1 Å². The van der Waals surface area contributed by atoms with Crippen LogP contribution >= 0.6 is 0 Å². The van der Waals surface area contributed by atoms with Crippen LogP contribution in [0.4, 0.5) is 0 Å². The van der Waals surface area contributed by atoms with Gasteiger partial charge in [0, 0.05) is 38.8 Å². The summed E-state index contributed by atoms with van der Waals surface area (Å²) in [6, 6.07) is 9.54. The Balaban J connectivity index is 1.38. The number of nitrogens with zero attached hydrogens (tertiary/aromatic N) is 3. The van der Waals surface area contributed by atoms with Crippen molar-refractivity contribution in [3.63, 3.8) is 0 Å². The standard InChI is InChI=1S/C24H39N5O2/c1-3-25-24(26-16-19-10-11-29(18-19)21-6-7-21)27-17-23(28-12-14-31-15-13-28)20-4-8-22(30-2)9-5-20/h4-5,8-9,19,21,23H,3,6-7,10-18H2,1-2H3,(H2,25,26,27). The molecule has 3 aliphatic rings. The fourth-order valence-electron chi connectivity index (χ4n) is 4.71. The molecule has 0 radical (unpaired) electrons. The number of hydrogen-bond acceptors (Lipinski definition) is 5. The van der Waals surface area contributed by atoms with Gasteiger partial charge < -0.3 is 25.0 Å². The summed E-state index contributed by atoms with van der Waals surface area (Å²) in [7, 11) is 1.71.